The predicted octanol–water partition coefficient (Wildman–Crippen LogP) is 4.80. The van der Waals surface area contributed by atoms with Crippen molar-refractivity contribution in [3.63, 3.8) is 0 Å². The normalized spacial score (nSPS) is 17.6. The maximum absolute atomic E-state index is 11.7. The molecule has 1 saturated carbocycles. The molecule has 0 spiro atoms. The minimum atomic E-state index is -0.369. The Bertz CT molecular complexity index is 1170. The molecule has 0 atom stereocenters. The number of ether oxygens (including phenoxy) is 1. The van der Waals surface area contributed by atoms with E-state index < -0.39 is 0 Å². The van der Waals surface area contributed by atoms with Gasteiger partial charge in [0.1, 0.15) is 5.82 Å². The summed E-state index contributed by atoms with van der Waals surface area (Å²) in [5.74, 6) is 0.549. The summed E-state index contributed by atoms with van der Waals surface area (Å²) >= 11 is 5.50. The van der Waals surface area contributed by atoms with Crippen molar-refractivity contribution in [1.82, 2.24) is 10.3 Å². The number of fused-ring (bicyclic) bond motifs is 1. The molecule has 1 heterocycles. The molecular weight excluding hydrogens is 446 g/mol. The van der Waals surface area contributed by atoms with Gasteiger partial charge in [-0.1, -0.05) is 24.3 Å². The first kappa shape index (κ1) is 23.8. The Kier molecular flexibility index (Phi) is 7.47. The Balaban J connectivity index is 1.31. The third-order valence-electron chi connectivity index (χ3n) is 6.13. The maximum atomic E-state index is 11.7. The van der Waals surface area contributed by atoms with E-state index in [1.165, 1.54) is 7.11 Å². The van der Waals surface area contributed by atoms with Crippen LogP contribution in [0.5, 0.6) is 0 Å². The standard InChI is InChI=1S/C26H31N5O2S/c1-31(2)23-16-24(30-22-10-5-4-9-21(22)23)27-18-11-13-19(14-12-18)28-26(34)29-20-8-6-7-17(15-20)25(32)33-3/h4-10,15-16,18-19H,11-14H2,1-3H3,(H,27,30)(H2,28,29,34). The van der Waals surface area contributed by atoms with E-state index in [-0.39, 0.29) is 5.97 Å². The summed E-state index contributed by atoms with van der Waals surface area (Å²) in [4.78, 5) is 18.7. The lowest BCUT2D eigenvalue weighted by molar-refractivity contribution is 0.0601. The van der Waals surface area contributed by atoms with Crippen molar-refractivity contribution in [2.24, 2.45) is 0 Å². The van der Waals surface area contributed by atoms with Crippen LogP contribution in [0, 0.1) is 0 Å². The molecule has 3 N–H and O–H groups in total. The third-order valence-corrected chi connectivity index (χ3v) is 6.35. The number of benzene rings is 2. The van der Waals surface area contributed by atoms with Gasteiger partial charge in [-0.25, -0.2) is 9.78 Å². The molecule has 1 fully saturated rings. The van der Waals surface area contributed by atoms with E-state index in [9.17, 15) is 4.79 Å². The van der Waals surface area contributed by atoms with E-state index in [4.69, 9.17) is 21.9 Å². The average Bonchev–Trinajstić information content (AvgIpc) is 2.84. The maximum Gasteiger partial charge on any atom is 0.337 e. The second-order valence-electron chi connectivity index (χ2n) is 8.80. The summed E-state index contributed by atoms with van der Waals surface area (Å²) in [6, 6.07) is 18.2. The highest BCUT2D eigenvalue weighted by atomic mass is 32.1. The van der Waals surface area contributed by atoms with Crippen molar-refractivity contribution in [2.45, 2.75) is 37.8 Å². The average molecular weight is 478 g/mol. The van der Waals surface area contributed by atoms with Gasteiger partial charge in [-0.05, 0) is 62.2 Å². The van der Waals surface area contributed by atoms with Gasteiger partial charge in [0.2, 0.25) is 0 Å². The van der Waals surface area contributed by atoms with Crippen LogP contribution in [0.15, 0.2) is 54.6 Å². The second-order valence-corrected chi connectivity index (χ2v) is 9.21. The summed E-state index contributed by atoms with van der Waals surface area (Å²) in [7, 11) is 5.49. The number of aromatic nitrogens is 1. The Morgan fingerprint density at radius 2 is 1.76 bits per heavy atom. The zero-order valence-electron chi connectivity index (χ0n) is 19.8. The molecule has 0 amide bonds. The van der Waals surface area contributed by atoms with Crippen LogP contribution < -0.4 is 20.9 Å². The number of para-hydroxylation sites is 1. The number of esters is 1. The van der Waals surface area contributed by atoms with Gasteiger partial charge < -0.3 is 25.6 Å². The largest absolute Gasteiger partial charge is 0.465 e. The fraction of sp³-hybridized carbons (Fsp3) is 0.346. The van der Waals surface area contributed by atoms with Crippen molar-refractivity contribution in [3.05, 3.63) is 60.2 Å². The number of thiocarbonyl (C=S) groups is 1. The van der Waals surface area contributed by atoms with E-state index in [2.05, 4.69) is 53.1 Å². The topological polar surface area (TPSA) is 78.5 Å². The van der Waals surface area contributed by atoms with Crippen molar-refractivity contribution >= 4 is 51.4 Å². The van der Waals surface area contributed by atoms with E-state index in [1.54, 1.807) is 18.2 Å². The number of hydrogen-bond acceptors (Lipinski definition) is 6. The highest BCUT2D eigenvalue weighted by Crippen LogP contribution is 2.29. The fourth-order valence-electron chi connectivity index (χ4n) is 4.39. The Morgan fingerprint density at radius 3 is 2.50 bits per heavy atom. The van der Waals surface area contributed by atoms with Gasteiger partial charge in [0.05, 0.1) is 18.2 Å². The Labute approximate surface area is 205 Å². The van der Waals surface area contributed by atoms with E-state index in [1.807, 2.05) is 18.2 Å². The van der Waals surface area contributed by atoms with Crippen LogP contribution in [0.3, 0.4) is 0 Å². The number of hydrogen-bond donors (Lipinski definition) is 3. The number of anilines is 3. The van der Waals surface area contributed by atoms with Crippen LogP contribution in [0.2, 0.25) is 0 Å². The van der Waals surface area contributed by atoms with Crippen LogP contribution >= 0.6 is 12.2 Å². The molecule has 1 aliphatic rings. The van der Waals surface area contributed by atoms with Gasteiger partial charge in [0, 0.05) is 49.0 Å². The molecular formula is C26H31N5O2S. The van der Waals surface area contributed by atoms with E-state index in [0.717, 1.165) is 53.8 Å². The smallest absolute Gasteiger partial charge is 0.337 e. The van der Waals surface area contributed by atoms with Gasteiger partial charge in [-0.2, -0.15) is 0 Å². The zero-order chi connectivity index (χ0) is 24.1. The van der Waals surface area contributed by atoms with Gasteiger partial charge >= 0.3 is 5.97 Å². The molecule has 0 radical (unpaired) electrons. The molecule has 178 valence electrons. The number of nitrogens with zero attached hydrogens (tertiary/aromatic N) is 2. The van der Waals surface area contributed by atoms with Crippen molar-refractivity contribution in [1.29, 1.82) is 0 Å². The van der Waals surface area contributed by atoms with E-state index in [0.29, 0.717) is 22.8 Å². The lowest BCUT2D eigenvalue weighted by Gasteiger charge is -2.31. The number of pyridine rings is 1. The molecule has 0 aliphatic heterocycles. The molecule has 8 heteroatoms. The van der Waals surface area contributed by atoms with Gasteiger partial charge in [0.15, 0.2) is 5.11 Å². The third kappa shape index (κ3) is 5.75. The molecule has 3 aromatic rings. The van der Waals surface area contributed by atoms with Crippen LogP contribution in [0.1, 0.15) is 36.0 Å². The molecule has 2 aromatic carbocycles. The Hall–Kier alpha value is -3.39. The highest BCUT2D eigenvalue weighted by molar-refractivity contribution is 7.80. The predicted molar refractivity (Wildman–Crippen MR) is 143 cm³/mol. The molecule has 0 bridgehead atoms. The van der Waals surface area contributed by atoms with Crippen molar-refractivity contribution < 1.29 is 9.53 Å². The molecule has 1 aromatic heterocycles. The van der Waals surface area contributed by atoms with Crippen LogP contribution in [-0.4, -0.2) is 49.4 Å². The summed E-state index contributed by atoms with van der Waals surface area (Å²) in [6.07, 6.45) is 4.08. The molecule has 0 unspecified atom stereocenters. The summed E-state index contributed by atoms with van der Waals surface area (Å²) < 4.78 is 4.78. The summed E-state index contributed by atoms with van der Waals surface area (Å²) in [5.41, 5.74) is 3.41. The van der Waals surface area contributed by atoms with Crippen molar-refractivity contribution in [2.75, 3.05) is 36.7 Å². The molecule has 34 heavy (non-hydrogen) atoms. The molecule has 1 aliphatic carbocycles. The quantitative estimate of drug-likeness (QED) is 0.345. The minimum Gasteiger partial charge on any atom is -0.465 e. The van der Waals surface area contributed by atoms with Crippen molar-refractivity contribution in [3.8, 4) is 0 Å². The molecule has 7 nitrogen and oxygen atoms in total. The lowest BCUT2D eigenvalue weighted by Crippen LogP contribution is -2.42. The van der Waals surface area contributed by atoms with E-state index >= 15 is 0 Å². The van der Waals surface area contributed by atoms with Gasteiger partial charge in [-0.3, -0.25) is 0 Å². The molecule has 0 saturated heterocycles. The van der Waals surface area contributed by atoms with Gasteiger partial charge in [0.25, 0.3) is 0 Å². The first-order valence-corrected chi connectivity index (χ1v) is 11.9. The molecule has 4 rings (SSSR count). The number of nitrogens with one attached hydrogen (secondary N) is 3. The second kappa shape index (κ2) is 10.7. The lowest BCUT2D eigenvalue weighted by atomic mass is 9.91. The summed E-state index contributed by atoms with van der Waals surface area (Å²) in [6.45, 7) is 0. The summed E-state index contributed by atoms with van der Waals surface area (Å²) in [5, 5.41) is 12.0. The zero-order valence-corrected chi connectivity index (χ0v) is 20.6. The first-order chi connectivity index (χ1) is 16.4. The monoisotopic (exact) mass is 477 g/mol. The number of rotatable bonds is 6. The van der Waals surface area contributed by atoms with Gasteiger partial charge in [-0.15, -0.1) is 0 Å². The fourth-order valence-corrected chi connectivity index (χ4v) is 4.67. The SMILES string of the molecule is COC(=O)c1cccc(NC(=S)NC2CCC(Nc3cc(N(C)C)c4ccccc4n3)CC2)c1. The number of carbonyl (C=O) groups excluding carboxylic acids is 1. The Morgan fingerprint density at radius 1 is 1.03 bits per heavy atom. The highest BCUT2D eigenvalue weighted by Gasteiger charge is 2.22. The number of carbonyl (C=O) groups is 1. The van der Waals surface area contributed by atoms with Crippen LogP contribution in [0.4, 0.5) is 17.2 Å². The van der Waals surface area contributed by atoms with Crippen LogP contribution in [-0.2, 0) is 4.74 Å². The number of methoxy groups -OCH3 is 1. The minimum absolute atomic E-state index is 0.309. The van der Waals surface area contributed by atoms with Crippen LogP contribution in [0.25, 0.3) is 10.9 Å². The first-order valence-electron chi connectivity index (χ1n) is 11.5.